The van der Waals surface area contributed by atoms with Crippen LogP contribution in [0.5, 0.6) is 23.0 Å². The van der Waals surface area contributed by atoms with Crippen LogP contribution in [0.4, 0.5) is 35.1 Å². The first-order valence-electron chi connectivity index (χ1n) is 15.8. The van der Waals surface area contributed by atoms with Crippen molar-refractivity contribution in [2.45, 2.75) is 58.3 Å². The Labute approximate surface area is 279 Å². The van der Waals surface area contributed by atoms with Gasteiger partial charge >= 0.3 is 0 Å². The number of alkyl halides is 2. The molecule has 4 nitrogen and oxygen atoms in total. The molecule has 0 saturated heterocycles. The van der Waals surface area contributed by atoms with Crippen molar-refractivity contribution in [1.82, 2.24) is 0 Å². The third-order valence-electron chi connectivity index (χ3n) is 7.70. The van der Waals surface area contributed by atoms with Gasteiger partial charge in [-0.05, 0) is 86.1 Å². The van der Waals surface area contributed by atoms with Crippen LogP contribution in [0.1, 0.15) is 48.9 Å². The van der Waals surface area contributed by atoms with Crippen LogP contribution >= 0.6 is 0 Å². The lowest BCUT2D eigenvalue weighted by atomic mass is 10.0. The molecule has 4 aromatic rings. The van der Waals surface area contributed by atoms with Crippen LogP contribution in [0.3, 0.4) is 0 Å². The maximum absolute atomic E-state index is 14.6. The van der Waals surface area contributed by atoms with Crippen molar-refractivity contribution >= 4 is 0 Å². The van der Waals surface area contributed by atoms with E-state index in [1.165, 1.54) is 48.5 Å². The van der Waals surface area contributed by atoms with Gasteiger partial charge < -0.3 is 18.9 Å². The summed E-state index contributed by atoms with van der Waals surface area (Å²) >= 11 is 0. The summed E-state index contributed by atoms with van der Waals surface area (Å²) in [7, 11) is 0. The highest BCUT2D eigenvalue weighted by molar-refractivity contribution is 5.35. The summed E-state index contributed by atoms with van der Waals surface area (Å²) in [6, 6.07) is 13.0. The van der Waals surface area contributed by atoms with Crippen LogP contribution in [-0.4, -0.2) is 32.4 Å². The molecule has 49 heavy (non-hydrogen) atoms. The Morgan fingerprint density at radius 2 is 0.837 bits per heavy atom. The molecule has 0 radical (unpaired) electrons. The van der Waals surface area contributed by atoms with E-state index in [4.69, 9.17) is 18.9 Å². The SMILES string of the molecule is CCOc1ccc(CCc2ccc(OCCC(F)(F)CCOc3ccc(CCc4ccc(OCC)c(F)c4F)c(F)c3)cc2F)c(F)c1F. The Morgan fingerprint density at radius 1 is 0.469 bits per heavy atom. The van der Waals surface area contributed by atoms with Crippen LogP contribution in [-0.2, 0) is 25.7 Å². The Hall–Kier alpha value is -4.48. The molecular formula is C37H36F8O4. The number of rotatable bonds is 18. The van der Waals surface area contributed by atoms with Gasteiger partial charge in [-0.2, -0.15) is 8.78 Å². The molecule has 0 saturated carbocycles. The molecule has 0 heterocycles. The molecule has 0 spiro atoms. The Morgan fingerprint density at radius 3 is 1.20 bits per heavy atom. The van der Waals surface area contributed by atoms with Crippen LogP contribution < -0.4 is 18.9 Å². The van der Waals surface area contributed by atoms with Gasteiger partial charge in [-0.15, -0.1) is 0 Å². The Kier molecular flexibility index (Phi) is 13.2. The molecule has 264 valence electrons. The highest BCUT2D eigenvalue weighted by atomic mass is 19.3. The Bertz CT molecular complexity index is 1590. The molecule has 12 heteroatoms. The predicted octanol–water partition coefficient (Wildman–Crippen LogP) is 9.76. The van der Waals surface area contributed by atoms with E-state index < -0.39 is 66.9 Å². The molecule has 0 aliphatic heterocycles. The fourth-order valence-electron chi connectivity index (χ4n) is 5.00. The van der Waals surface area contributed by atoms with Crippen molar-refractivity contribution in [2.24, 2.45) is 0 Å². The van der Waals surface area contributed by atoms with E-state index in [9.17, 15) is 35.1 Å². The summed E-state index contributed by atoms with van der Waals surface area (Å²) in [5.74, 6) is -9.26. The zero-order chi connectivity index (χ0) is 35.6. The molecule has 0 fully saturated rings. The summed E-state index contributed by atoms with van der Waals surface area (Å²) in [6.07, 6.45) is -1.23. The van der Waals surface area contributed by atoms with Gasteiger partial charge in [0.05, 0.1) is 26.4 Å². The first kappa shape index (κ1) is 37.3. The van der Waals surface area contributed by atoms with Gasteiger partial charge in [-0.25, -0.2) is 26.3 Å². The fraction of sp³-hybridized carbons (Fsp3) is 0.351. The van der Waals surface area contributed by atoms with E-state index in [0.717, 1.165) is 12.1 Å². The topological polar surface area (TPSA) is 36.9 Å². The molecule has 4 rings (SSSR count). The third-order valence-corrected chi connectivity index (χ3v) is 7.70. The van der Waals surface area contributed by atoms with Gasteiger partial charge in [0.15, 0.2) is 23.1 Å². The zero-order valence-electron chi connectivity index (χ0n) is 27.0. The van der Waals surface area contributed by atoms with Gasteiger partial charge in [-0.3, -0.25) is 0 Å². The zero-order valence-corrected chi connectivity index (χ0v) is 27.0. The van der Waals surface area contributed by atoms with E-state index >= 15 is 0 Å². The molecule has 0 aliphatic rings. The van der Waals surface area contributed by atoms with E-state index in [2.05, 4.69) is 0 Å². The van der Waals surface area contributed by atoms with Gasteiger partial charge in [0.25, 0.3) is 5.92 Å². The van der Waals surface area contributed by atoms with Gasteiger partial charge in [0.1, 0.15) is 23.1 Å². The number of aryl methyl sites for hydroxylation is 4. The number of benzene rings is 4. The van der Waals surface area contributed by atoms with Crippen molar-refractivity contribution in [3.63, 3.8) is 0 Å². The van der Waals surface area contributed by atoms with E-state index in [0.29, 0.717) is 0 Å². The lowest BCUT2D eigenvalue weighted by molar-refractivity contribution is -0.0355. The summed E-state index contributed by atoms with van der Waals surface area (Å²) in [4.78, 5) is 0. The summed E-state index contributed by atoms with van der Waals surface area (Å²) in [6.45, 7) is 2.77. The van der Waals surface area contributed by atoms with Crippen molar-refractivity contribution in [2.75, 3.05) is 26.4 Å². The first-order valence-corrected chi connectivity index (χ1v) is 15.8. The highest BCUT2D eigenvalue weighted by Gasteiger charge is 2.29. The van der Waals surface area contributed by atoms with Crippen molar-refractivity contribution < 1.29 is 54.1 Å². The predicted molar refractivity (Wildman–Crippen MR) is 168 cm³/mol. The largest absolute Gasteiger partial charge is 0.493 e. The van der Waals surface area contributed by atoms with Crippen LogP contribution in [0.15, 0.2) is 60.7 Å². The van der Waals surface area contributed by atoms with Crippen molar-refractivity contribution in [1.29, 1.82) is 0 Å². The van der Waals surface area contributed by atoms with E-state index in [-0.39, 0.29) is 84.1 Å². The van der Waals surface area contributed by atoms with Crippen LogP contribution in [0.25, 0.3) is 0 Å². The van der Waals surface area contributed by atoms with E-state index in [1.807, 2.05) is 0 Å². The molecular weight excluding hydrogens is 660 g/mol. The molecule has 0 amide bonds. The first-order chi connectivity index (χ1) is 23.4. The minimum atomic E-state index is -3.20. The van der Waals surface area contributed by atoms with Crippen LogP contribution in [0.2, 0.25) is 0 Å². The lowest BCUT2D eigenvalue weighted by Crippen LogP contribution is -2.23. The number of halogens is 8. The maximum Gasteiger partial charge on any atom is 0.254 e. The quantitative estimate of drug-likeness (QED) is 0.0972. The average molecular weight is 697 g/mol. The monoisotopic (exact) mass is 696 g/mol. The minimum Gasteiger partial charge on any atom is -0.493 e. The second kappa shape index (κ2) is 17.3. The average Bonchev–Trinajstić information content (AvgIpc) is 3.06. The smallest absolute Gasteiger partial charge is 0.254 e. The normalized spacial score (nSPS) is 11.5. The highest BCUT2D eigenvalue weighted by Crippen LogP contribution is 2.28. The molecule has 4 aromatic carbocycles. The van der Waals surface area contributed by atoms with Gasteiger partial charge in [0, 0.05) is 25.0 Å². The molecule has 0 atom stereocenters. The Balaban J connectivity index is 1.20. The summed E-state index contributed by atoms with van der Waals surface area (Å²) < 4.78 is 136. The van der Waals surface area contributed by atoms with Gasteiger partial charge in [-0.1, -0.05) is 24.3 Å². The van der Waals surface area contributed by atoms with Crippen molar-refractivity contribution in [3.05, 3.63) is 118 Å². The number of hydrogen-bond acceptors (Lipinski definition) is 4. The second-order valence-corrected chi connectivity index (χ2v) is 11.1. The standard InChI is InChI=1S/C37H36F8O4/c1-3-46-31-15-11-25(33(40)35(31)42)7-5-23-9-13-27(21-29(23)38)48-19-17-37(44,45)18-20-49-28-14-10-24(30(39)22-28)6-8-26-12-16-32(47-4-2)36(43)34(26)41/h9-16,21-22H,3-8,17-20H2,1-2H3. The van der Waals surface area contributed by atoms with Gasteiger partial charge in [0.2, 0.25) is 11.6 Å². The lowest BCUT2D eigenvalue weighted by Gasteiger charge is -2.17. The fourth-order valence-corrected chi connectivity index (χ4v) is 5.00. The molecule has 0 bridgehead atoms. The summed E-state index contributed by atoms with van der Waals surface area (Å²) in [5.41, 5.74) is 0.540. The molecule has 0 N–H and O–H groups in total. The third kappa shape index (κ3) is 10.3. The minimum absolute atomic E-state index is 0.0194. The molecule has 0 unspecified atom stereocenters. The number of ether oxygens (including phenoxy) is 4. The molecule has 0 aliphatic carbocycles. The number of hydrogen-bond donors (Lipinski definition) is 0. The van der Waals surface area contributed by atoms with E-state index in [1.54, 1.807) is 13.8 Å². The molecule has 0 aromatic heterocycles. The maximum atomic E-state index is 14.6. The van der Waals surface area contributed by atoms with Crippen molar-refractivity contribution in [3.8, 4) is 23.0 Å². The second-order valence-electron chi connectivity index (χ2n) is 11.1. The van der Waals surface area contributed by atoms with Crippen LogP contribution in [0, 0.1) is 34.9 Å². The summed E-state index contributed by atoms with van der Waals surface area (Å²) in [5, 5.41) is 0.